The fraction of sp³-hybridized carbons (Fsp3) is 0.261. The molecule has 2 amide bonds. The van der Waals surface area contributed by atoms with Crippen molar-refractivity contribution in [1.29, 1.82) is 0 Å². The number of aromatic nitrogens is 2. The molecule has 31 heavy (non-hydrogen) atoms. The average Bonchev–Trinajstić information content (AvgIpc) is 3.43. The number of methoxy groups -OCH3 is 1. The molecular weight excluding hydrogens is 396 g/mol. The van der Waals surface area contributed by atoms with E-state index in [1.807, 2.05) is 30.3 Å². The molecule has 3 rings (SSSR count). The van der Waals surface area contributed by atoms with Crippen LogP contribution in [0.2, 0.25) is 0 Å². The number of amides is 2. The van der Waals surface area contributed by atoms with Crippen LogP contribution in [-0.4, -0.2) is 40.1 Å². The number of rotatable bonds is 9. The molecule has 0 spiro atoms. The number of ether oxygens (including phenoxy) is 1. The van der Waals surface area contributed by atoms with E-state index >= 15 is 0 Å². The summed E-state index contributed by atoms with van der Waals surface area (Å²) in [4.78, 5) is 26.7. The van der Waals surface area contributed by atoms with Crippen LogP contribution in [-0.2, 0) is 29.1 Å². The molecule has 8 heteroatoms. The van der Waals surface area contributed by atoms with Gasteiger partial charge in [0.2, 0.25) is 11.8 Å². The number of carbonyl (C=O) groups excluding carboxylic acids is 2. The summed E-state index contributed by atoms with van der Waals surface area (Å²) in [5, 5.41) is 6.98. The first-order valence-electron chi connectivity index (χ1n) is 9.73. The van der Waals surface area contributed by atoms with Gasteiger partial charge in [-0.05, 0) is 25.1 Å². The number of furan rings is 1. The smallest absolute Gasteiger partial charge is 0.245 e. The lowest BCUT2D eigenvalue weighted by Crippen LogP contribution is -2.33. The first kappa shape index (κ1) is 21.7. The molecule has 0 bridgehead atoms. The molecule has 2 heterocycles. The lowest BCUT2D eigenvalue weighted by atomic mass is 10.1. The molecule has 0 radical (unpaired) electrons. The number of hydrogen-bond acceptors (Lipinski definition) is 5. The summed E-state index contributed by atoms with van der Waals surface area (Å²) in [6.45, 7) is 2.36. The van der Waals surface area contributed by atoms with Crippen molar-refractivity contribution in [2.24, 2.45) is 0 Å². The maximum atomic E-state index is 12.7. The third-order valence-electron chi connectivity index (χ3n) is 4.48. The Morgan fingerprint density at radius 2 is 2.10 bits per heavy atom. The van der Waals surface area contributed by atoms with E-state index in [2.05, 4.69) is 22.3 Å². The van der Waals surface area contributed by atoms with Gasteiger partial charge >= 0.3 is 0 Å². The first-order valence-corrected chi connectivity index (χ1v) is 9.73. The normalized spacial score (nSPS) is 10.1. The number of nitrogens with zero attached hydrogens (tertiary/aromatic N) is 3. The van der Waals surface area contributed by atoms with Gasteiger partial charge in [0.15, 0.2) is 0 Å². The zero-order chi connectivity index (χ0) is 22.1. The summed E-state index contributed by atoms with van der Waals surface area (Å²) in [6, 6.07) is 10.9. The summed E-state index contributed by atoms with van der Waals surface area (Å²) >= 11 is 0. The van der Waals surface area contributed by atoms with Gasteiger partial charge in [0.25, 0.3) is 0 Å². The van der Waals surface area contributed by atoms with Gasteiger partial charge in [0.1, 0.15) is 18.1 Å². The fourth-order valence-electron chi connectivity index (χ4n) is 2.98. The Morgan fingerprint density at radius 3 is 2.84 bits per heavy atom. The summed E-state index contributed by atoms with van der Waals surface area (Å²) in [7, 11) is 1.57. The van der Waals surface area contributed by atoms with E-state index < -0.39 is 0 Å². The second-order valence-electron chi connectivity index (χ2n) is 6.72. The van der Waals surface area contributed by atoms with E-state index in [4.69, 9.17) is 9.15 Å². The van der Waals surface area contributed by atoms with Crippen LogP contribution in [0.3, 0.4) is 0 Å². The molecule has 1 aromatic carbocycles. The van der Waals surface area contributed by atoms with Crippen molar-refractivity contribution in [2.75, 3.05) is 19.0 Å². The zero-order valence-electron chi connectivity index (χ0n) is 17.5. The third-order valence-corrected chi connectivity index (χ3v) is 4.48. The molecule has 0 saturated carbocycles. The molecule has 0 unspecified atom stereocenters. The van der Waals surface area contributed by atoms with Crippen LogP contribution < -0.4 is 10.1 Å². The summed E-state index contributed by atoms with van der Waals surface area (Å²) < 4.78 is 12.1. The van der Waals surface area contributed by atoms with Crippen LogP contribution in [0.1, 0.15) is 18.2 Å². The Morgan fingerprint density at radius 1 is 1.26 bits per heavy atom. The van der Waals surface area contributed by atoms with Crippen molar-refractivity contribution < 1.29 is 18.7 Å². The number of anilines is 1. The molecule has 0 aliphatic rings. The van der Waals surface area contributed by atoms with Gasteiger partial charge in [-0.1, -0.05) is 24.1 Å². The molecule has 0 atom stereocenters. The van der Waals surface area contributed by atoms with E-state index in [9.17, 15) is 9.59 Å². The quantitative estimate of drug-likeness (QED) is 0.538. The highest BCUT2D eigenvalue weighted by Gasteiger charge is 2.16. The minimum absolute atomic E-state index is 0.0223. The number of carbonyl (C=O) groups is 2. The predicted octanol–water partition coefficient (Wildman–Crippen LogP) is 2.72. The highest BCUT2D eigenvalue weighted by atomic mass is 16.5. The standard InChI is InChI=1S/C23H24N4O4/c1-3-4-11-26(16-20-9-7-12-31-20)23(29)17-27-15-19(14-24-27)25-22(28)13-18-8-5-6-10-21(18)30-2/h5-10,12,14-15H,11,13,16-17H2,1-2H3,(H,25,28). The molecular formula is C23H24N4O4. The van der Waals surface area contributed by atoms with Crippen molar-refractivity contribution in [2.45, 2.75) is 26.4 Å². The van der Waals surface area contributed by atoms with Crippen molar-refractivity contribution in [3.05, 3.63) is 66.4 Å². The largest absolute Gasteiger partial charge is 0.496 e. The second kappa shape index (κ2) is 10.7. The van der Waals surface area contributed by atoms with E-state index in [0.717, 1.165) is 5.56 Å². The Labute approximate surface area is 180 Å². The van der Waals surface area contributed by atoms with Crippen molar-refractivity contribution >= 4 is 17.5 Å². The molecule has 3 aromatic rings. The van der Waals surface area contributed by atoms with Crippen LogP contribution >= 0.6 is 0 Å². The molecule has 0 aliphatic heterocycles. The molecule has 1 N–H and O–H groups in total. The zero-order valence-corrected chi connectivity index (χ0v) is 17.5. The van der Waals surface area contributed by atoms with Gasteiger partial charge in [-0.3, -0.25) is 14.3 Å². The van der Waals surface area contributed by atoms with E-state index in [1.54, 1.807) is 37.5 Å². The summed E-state index contributed by atoms with van der Waals surface area (Å²) in [5.74, 6) is 6.68. The molecule has 160 valence electrons. The Bertz CT molecular complexity index is 1080. The van der Waals surface area contributed by atoms with Crippen molar-refractivity contribution in [3.8, 4) is 17.6 Å². The first-order chi connectivity index (χ1) is 15.1. The van der Waals surface area contributed by atoms with Crippen molar-refractivity contribution in [1.82, 2.24) is 14.7 Å². The van der Waals surface area contributed by atoms with Crippen LogP contribution in [0.5, 0.6) is 5.75 Å². The lowest BCUT2D eigenvalue weighted by Gasteiger charge is -2.19. The van der Waals surface area contributed by atoms with Crippen LogP contribution in [0.15, 0.2) is 59.5 Å². The van der Waals surface area contributed by atoms with E-state index in [1.165, 1.54) is 10.9 Å². The SMILES string of the molecule is CC#CCN(Cc1ccco1)C(=O)Cn1cc(NC(=O)Cc2ccccc2OC)cn1. The molecule has 0 aliphatic carbocycles. The summed E-state index contributed by atoms with van der Waals surface area (Å²) in [5.41, 5.74) is 1.30. The number of nitrogens with one attached hydrogen (secondary N) is 1. The van der Waals surface area contributed by atoms with Crippen LogP contribution in [0, 0.1) is 11.8 Å². The predicted molar refractivity (Wildman–Crippen MR) is 115 cm³/mol. The highest BCUT2D eigenvalue weighted by Crippen LogP contribution is 2.18. The van der Waals surface area contributed by atoms with Gasteiger partial charge in [0, 0.05) is 11.8 Å². The van der Waals surface area contributed by atoms with Gasteiger partial charge in [-0.15, -0.1) is 5.92 Å². The van der Waals surface area contributed by atoms with Gasteiger partial charge in [-0.2, -0.15) is 5.10 Å². The Balaban J connectivity index is 1.59. The van der Waals surface area contributed by atoms with Gasteiger partial charge in [0.05, 0.1) is 44.8 Å². The lowest BCUT2D eigenvalue weighted by molar-refractivity contribution is -0.132. The monoisotopic (exact) mass is 420 g/mol. The van der Waals surface area contributed by atoms with E-state index in [-0.39, 0.29) is 24.8 Å². The Kier molecular flexibility index (Phi) is 7.49. The van der Waals surface area contributed by atoms with Crippen LogP contribution in [0.4, 0.5) is 5.69 Å². The Hall–Kier alpha value is -3.99. The van der Waals surface area contributed by atoms with E-state index in [0.29, 0.717) is 30.3 Å². The fourth-order valence-corrected chi connectivity index (χ4v) is 2.98. The minimum Gasteiger partial charge on any atom is -0.496 e. The number of hydrogen-bond donors (Lipinski definition) is 1. The second-order valence-corrected chi connectivity index (χ2v) is 6.72. The minimum atomic E-state index is -0.201. The highest BCUT2D eigenvalue weighted by molar-refractivity contribution is 5.92. The number of para-hydroxylation sites is 1. The topological polar surface area (TPSA) is 89.6 Å². The molecule has 0 saturated heterocycles. The molecule has 0 fully saturated rings. The van der Waals surface area contributed by atoms with Crippen LogP contribution in [0.25, 0.3) is 0 Å². The van der Waals surface area contributed by atoms with Crippen molar-refractivity contribution in [3.63, 3.8) is 0 Å². The summed E-state index contributed by atoms with van der Waals surface area (Å²) in [6.07, 6.45) is 4.86. The average molecular weight is 420 g/mol. The third kappa shape index (κ3) is 6.24. The number of benzene rings is 1. The maximum Gasteiger partial charge on any atom is 0.245 e. The molecule has 2 aromatic heterocycles. The van der Waals surface area contributed by atoms with Gasteiger partial charge < -0.3 is 19.4 Å². The molecule has 8 nitrogen and oxygen atoms in total. The van der Waals surface area contributed by atoms with Gasteiger partial charge in [-0.25, -0.2) is 0 Å². The maximum absolute atomic E-state index is 12.7.